The van der Waals surface area contributed by atoms with E-state index in [2.05, 4.69) is 42.6 Å². The highest BCUT2D eigenvalue weighted by Crippen LogP contribution is 2.17. The summed E-state index contributed by atoms with van der Waals surface area (Å²) in [6, 6.07) is 12.6. The van der Waals surface area contributed by atoms with Crippen LogP contribution in [-0.2, 0) is 13.0 Å². The molecule has 18 heavy (non-hydrogen) atoms. The maximum absolute atomic E-state index is 8.75. The third kappa shape index (κ3) is 3.35. The van der Waals surface area contributed by atoms with Gasteiger partial charge < -0.3 is 5.32 Å². The number of nitrogens with one attached hydrogen (secondary N) is 1. The summed E-state index contributed by atoms with van der Waals surface area (Å²) in [5, 5.41) is 14.0. The molecule has 1 aromatic carbocycles. The second-order valence-electron chi connectivity index (χ2n) is 4.21. The number of benzene rings is 1. The van der Waals surface area contributed by atoms with Crippen LogP contribution in [0.4, 0.5) is 5.69 Å². The third-order valence-corrected chi connectivity index (χ3v) is 3.68. The van der Waals surface area contributed by atoms with Gasteiger partial charge in [-0.2, -0.15) is 5.26 Å². The van der Waals surface area contributed by atoms with Crippen molar-refractivity contribution in [2.45, 2.75) is 26.3 Å². The smallest absolute Gasteiger partial charge is 0.100 e. The first-order valence-corrected chi connectivity index (χ1v) is 7.00. The Kier molecular flexibility index (Phi) is 4.38. The van der Waals surface area contributed by atoms with Crippen molar-refractivity contribution in [3.8, 4) is 6.07 Å². The molecule has 0 aliphatic rings. The largest absolute Gasteiger partial charge is 0.380 e. The van der Waals surface area contributed by atoms with Gasteiger partial charge in [-0.15, -0.1) is 11.3 Å². The number of aryl methyl sites for hydroxylation is 1. The Labute approximate surface area is 112 Å². The lowest BCUT2D eigenvalue weighted by Gasteiger charge is -2.05. The van der Waals surface area contributed by atoms with Crippen molar-refractivity contribution in [1.29, 1.82) is 5.26 Å². The summed E-state index contributed by atoms with van der Waals surface area (Å²) < 4.78 is 0. The lowest BCUT2D eigenvalue weighted by molar-refractivity contribution is 0.922. The molecule has 2 rings (SSSR count). The van der Waals surface area contributed by atoms with Crippen molar-refractivity contribution in [1.82, 2.24) is 0 Å². The fourth-order valence-corrected chi connectivity index (χ4v) is 2.55. The van der Waals surface area contributed by atoms with Gasteiger partial charge in [0.05, 0.1) is 5.56 Å². The zero-order valence-electron chi connectivity index (χ0n) is 10.4. The Morgan fingerprint density at radius 1 is 1.28 bits per heavy atom. The summed E-state index contributed by atoms with van der Waals surface area (Å²) in [6.07, 6.45) is 2.32. The summed E-state index contributed by atoms with van der Waals surface area (Å²) in [4.78, 5) is 1.18. The normalized spacial score (nSPS) is 10.0. The molecule has 0 aliphatic carbocycles. The first-order valence-electron chi connectivity index (χ1n) is 6.12. The first kappa shape index (κ1) is 12.7. The lowest BCUT2D eigenvalue weighted by Crippen LogP contribution is -1.97. The number of rotatable bonds is 5. The molecule has 0 saturated heterocycles. The van der Waals surface area contributed by atoms with E-state index in [-0.39, 0.29) is 0 Å². The zero-order chi connectivity index (χ0) is 12.8. The van der Waals surface area contributed by atoms with Crippen LogP contribution in [0.25, 0.3) is 0 Å². The van der Waals surface area contributed by atoms with Crippen LogP contribution in [0.15, 0.2) is 35.7 Å². The summed E-state index contributed by atoms with van der Waals surface area (Å²) in [5.74, 6) is 0. The van der Waals surface area contributed by atoms with Crippen molar-refractivity contribution in [3.63, 3.8) is 0 Å². The highest BCUT2D eigenvalue weighted by molar-refractivity contribution is 7.10. The first-order chi connectivity index (χ1) is 8.81. The molecule has 2 aromatic rings. The Balaban J connectivity index is 1.91. The van der Waals surface area contributed by atoms with Gasteiger partial charge in [0.2, 0.25) is 0 Å². The van der Waals surface area contributed by atoms with Crippen molar-refractivity contribution < 1.29 is 0 Å². The van der Waals surface area contributed by atoms with Crippen molar-refractivity contribution in [2.24, 2.45) is 0 Å². The Morgan fingerprint density at radius 2 is 2.06 bits per heavy atom. The highest BCUT2D eigenvalue weighted by Gasteiger charge is 1.99. The molecule has 0 spiro atoms. The SMILES string of the molecule is CCCc1ccc(NCc2cc(C#N)cs2)cc1. The van der Waals surface area contributed by atoms with Gasteiger partial charge in [-0.05, 0) is 30.2 Å². The second kappa shape index (κ2) is 6.23. The maximum atomic E-state index is 8.75. The van der Waals surface area contributed by atoms with Crippen LogP contribution in [0.3, 0.4) is 0 Å². The van der Waals surface area contributed by atoms with Crippen LogP contribution in [0.1, 0.15) is 29.3 Å². The van der Waals surface area contributed by atoms with E-state index in [0.717, 1.165) is 24.2 Å². The molecule has 0 unspecified atom stereocenters. The van der Waals surface area contributed by atoms with E-state index in [1.807, 2.05) is 11.4 Å². The van der Waals surface area contributed by atoms with E-state index in [9.17, 15) is 0 Å². The molecule has 0 saturated carbocycles. The van der Waals surface area contributed by atoms with Gasteiger partial charge in [0.1, 0.15) is 6.07 Å². The average Bonchev–Trinajstić information content (AvgIpc) is 2.86. The summed E-state index contributed by atoms with van der Waals surface area (Å²) in [7, 11) is 0. The fraction of sp³-hybridized carbons (Fsp3) is 0.267. The van der Waals surface area contributed by atoms with E-state index in [0.29, 0.717) is 0 Å². The molecule has 0 atom stereocenters. The standard InChI is InChI=1S/C15H16N2S/c1-2-3-12-4-6-14(7-5-12)17-10-15-8-13(9-16)11-18-15/h4-8,11,17H,2-3,10H2,1H3. The topological polar surface area (TPSA) is 35.8 Å². The second-order valence-corrected chi connectivity index (χ2v) is 5.21. The number of thiophene rings is 1. The van der Waals surface area contributed by atoms with Crippen LogP contribution in [0, 0.1) is 11.3 Å². The van der Waals surface area contributed by atoms with E-state index < -0.39 is 0 Å². The quantitative estimate of drug-likeness (QED) is 0.871. The van der Waals surface area contributed by atoms with Crippen molar-refractivity contribution in [2.75, 3.05) is 5.32 Å². The lowest BCUT2D eigenvalue weighted by atomic mass is 10.1. The predicted molar refractivity (Wildman–Crippen MR) is 76.8 cm³/mol. The monoisotopic (exact) mass is 256 g/mol. The Morgan fingerprint density at radius 3 is 2.67 bits per heavy atom. The average molecular weight is 256 g/mol. The van der Waals surface area contributed by atoms with Crippen LogP contribution in [0.5, 0.6) is 0 Å². The number of hydrogen-bond acceptors (Lipinski definition) is 3. The third-order valence-electron chi connectivity index (χ3n) is 2.74. The van der Waals surface area contributed by atoms with Crippen LogP contribution in [-0.4, -0.2) is 0 Å². The van der Waals surface area contributed by atoms with E-state index in [1.165, 1.54) is 16.9 Å². The van der Waals surface area contributed by atoms with Gasteiger partial charge in [-0.3, -0.25) is 0 Å². The number of anilines is 1. The van der Waals surface area contributed by atoms with Gasteiger partial charge in [-0.1, -0.05) is 25.5 Å². The maximum Gasteiger partial charge on any atom is 0.100 e. The van der Waals surface area contributed by atoms with Gasteiger partial charge in [0, 0.05) is 22.5 Å². The predicted octanol–water partition coefficient (Wildman–Crippen LogP) is 4.18. The molecule has 0 amide bonds. The minimum Gasteiger partial charge on any atom is -0.380 e. The molecule has 0 fully saturated rings. The van der Waals surface area contributed by atoms with Crippen molar-refractivity contribution in [3.05, 3.63) is 51.7 Å². The number of hydrogen-bond donors (Lipinski definition) is 1. The molecule has 3 heteroatoms. The molecule has 0 aliphatic heterocycles. The molecule has 92 valence electrons. The van der Waals surface area contributed by atoms with E-state index in [4.69, 9.17) is 5.26 Å². The Hall–Kier alpha value is -1.79. The highest BCUT2D eigenvalue weighted by atomic mass is 32.1. The summed E-state index contributed by atoms with van der Waals surface area (Å²) in [6.45, 7) is 2.97. The number of nitriles is 1. The van der Waals surface area contributed by atoms with Gasteiger partial charge in [0.15, 0.2) is 0 Å². The van der Waals surface area contributed by atoms with E-state index in [1.54, 1.807) is 11.3 Å². The van der Waals surface area contributed by atoms with Gasteiger partial charge >= 0.3 is 0 Å². The van der Waals surface area contributed by atoms with Crippen LogP contribution >= 0.6 is 11.3 Å². The summed E-state index contributed by atoms with van der Waals surface area (Å²) >= 11 is 1.62. The molecule has 0 radical (unpaired) electrons. The minimum absolute atomic E-state index is 0.745. The van der Waals surface area contributed by atoms with E-state index >= 15 is 0 Å². The number of nitrogens with zero attached hydrogens (tertiary/aromatic N) is 1. The molecule has 1 N–H and O–H groups in total. The molecule has 0 bridgehead atoms. The van der Waals surface area contributed by atoms with Crippen molar-refractivity contribution >= 4 is 17.0 Å². The molecular weight excluding hydrogens is 240 g/mol. The minimum atomic E-state index is 0.745. The molecule has 1 aromatic heterocycles. The zero-order valence-corrected chi connectivity index (χ0v) is 11.3. The fourth-order valence-electron chi connectivity index (χ4n) is 1.80. The van der Waals surface area contributed by atoms with Crippen LogP contribution < -0.4 is 5.32 Å². The van der Waals surface area contributed by atoms with Gasteiger partial charge in [0.25, 0.3) is 0 Å². The Bertz CT molecular complexity index is 534. The molecule has 1 heterocycles. The molecule has 2 nitrogen and oxygen atoms in total. The van der Waals surface area contributed by atoms with Gasteiger partial charge in [-0.25, -0.2) is 0 Å². The summed E-state index contributed by atoms with van der Waals surface area (Å²) in [5.41, 5.74) is 3.25. The molecular formula is C15H16N2S. The van der Waals surface area contributed by atoms with Crippen LogP contribution in [0.2, 0.25) is 0 Å².